The minimum absolute atomic E-state index is 0.117. The third-order valence-electron chi connectivity index (χ3n) is 2.71. The van der Waals surface area contributed by atoms with Gasteiger partial charge < -0.3 is 15.4 Å². The monoisotopic (exact) mass is 240 g/mol. The molecule has 0 unspecified atom stereocenters. The van der Waals surface area contributed by atoms with E-state index in [-0.39, 0.29) is 12.1 Å². The fraction of sp³-hybridized carbons (Fsp3) is 0.769. The first-order chi connectivity index (χ1) is 8.18. The van der Waals surface area contributed by atoms with Crippen LogP contribution in [0.5, 0.6) is 0 Å². The lowest BCUT2D eigenvalue weighted by Gasteiger charge is -2.08. The molecule has 4 heteroatoms. The number of hydrogen-bond acceptors (Lipinski definition) is 2. The molecular weight excluding hydrogens is 216 g/mol. The van der Waals surface area contributed by atoms with Gasteiger partial charge in [0.15, 0.2) is 0 Å². The van der Waals surface area contributed by atoms with Crippen molar-refractivity contribution in [3.05, 3.63) is 11.8 Å². The van der Waals surface area contributed by atoms with Gasteiger partial charge in [-0.25, -0.2) is 4.79 Å². The Morgan fingerprint density at radius 3 is 2.76 bits per heavy atom. The van der Waals surface area contributed by atoms with Gasteiger partial charge in [0.2, 0.25) is 0 Å². The van der Waals surface area contributed by atoms with Crippen molar-refractivity contribution < 1.29 is 9.53 Å². The van der Waals surface area contributed by atoms with Crippen LogP contribution in [0.4, 0.5) is 4.79 Å². The van der Waals surface area contributed by atoms with Crippen LogP contribution in [0.15, 0.2) is 11.8 Å². The van der Waals surface area contributed by atoms with Crippen molar-refractivity contribution in [2.24, 2.45) is 0 Å². The number of hydrogen-bond donors (Lipinski definition) is 2. The molecule has 98 valence electrons. The van der Waals surface area contributed by atoms with Crippen LogP contribution < -0.4 is 10.6 Å². The number of ether oxygens (including phenoxy) is 1. The Balaban J connectivity index is 1.99. The summed E-state index contributed by atoms with van der Waals surface area (Å²) in [4.78, 5) is 11.4. The van der Waals surface area contributed by atoms with Crippen LogP contribution in [0.1, 0.15) is 46.0 Å². The van der Waals surface area contributed by atoms with E-state index in [1.54, 1.807) is 0 Å². The van der Waals surface area contributed by atoms with Gasteiger partial charge in [0.1, 0.15) is 0 Å². The van der Waals surface area contributed by atoms with E-state index in [1.165, 1.54) is 18.4 Å². The molecule has 0 heterocycles. The van der Waals surface area contributed by atoms with E-state index in [1.807, 2.05) is 20.0 Å². The Bertz CT molecular complexity index is 254. The topological polar surface area (TPSA) is 50.4 Å². The molecule has 0 aromatic heterocycles. The van der Waals surface area contributed by atoms with Gasteiger partial charge >= 0.3 is 6.03 Å². The molecule has 1 aliphatic rings. The van der Waals surface area contributed by atoms with Gasteiger partial charge in [-0.3, -0.25) is 0 Å². The summed E-state index contributed by atoms with van der Waals surface area (Å²) in [6, 6.07) is -0.117. The van der Waals surface area contributed by atoms with E-state index >= 15 is 0 Å². The number of nitrogens with one attached hydrogen (secondary N) is 2. The summed E-state index contributed by atoms with van der Waals surface area (Å²) < 4.78 is 5.38. The van der Waals surface area contributed by atoms with Gasteiger partial charge in [-0.15, -0.1) is 0 Å². The van der Waals surface area contributed by atoms with Crippen molar-refractivity contribution in [3.63, 3.8) is 0 Å². The fourth-order valence-electron chi connectivity index (χ4n) is 1.79. The van der Waals surface area contributed by atoms with Crippen LogP contribution in [0.2, 0.25) is 0 Å². The molecule has 0 aromatic rings. The minimum atomic E-state index is -0.117. The number of carbonyl (C=O) groups excluding carboxylic acids is 1. The maximum Gasteiger partial charge on any atom is 0.318 e. The number of carbonyl (C=O) groups is 1. The van der Waals surface area contributed by atoms with Gasteiger partial charge in [0, 0.05) is 19.4 Å². The lowest BCUT2D eigenvalue weighted by molar-refractivity contribution is 0.0774. The summed E-state index contributed by atoms with van der Waals surface area (Å²) in [6.45, 7) is 5.36. The molecule has 0 spiro atoms. The van der Waals surface area contributed by atoms with Crippen LogP contribution >= 0.6 is 0 Å². The highest BCUT2D eigenvalue weighted by molar-refractivity contribution is 5.74. The molecule has 1 aliphatic carbocycles. The van der Waals surface area contributed by atoms with Crippen molar-refractivity contribution in [2.45, 2.75) is 52.1 Å². The molecular formula is C13H24N2O2. The van der Waals surface area contributed by atoms with Crippen LogP contribution in [0.3, 0.4) is 0 Å². The van der Waals surface area contributed by atoms with Crippen molar-refractivity contribution >= 4 is 6.03 Å². The van der Waals surface area contributed by atoms with E-state index in [2.05, 4.69) is 10.6 Å². The lowest BCUT2D eigenvalue weighted by atomic mass is 10.2. The Kier molecular flexibility index (Phi) is 6.70. The normalized spacial score (nSPS) is 15.1. The van der Waals surface area contributed by atoms with E-state index in [9.17, 15) is 4.79 Å². The molecule has 0 radical (unpaired) electrons. The number of urea groups is 1. The summed E-state index contributed by atoms with van der Waals surface area (Å²) in [7, 11) is 0. The maximum atomic E-state index is 11.4. The Hall–Kier alpha value is -1.03. The third-order valence-corrected chi connectivity index (χ3v) is 2.71. The van der Waals surface area contributed by atoms with Gasteiger partial charge in [0.25, 0.3) is 0 Å². The zero-order valence-corrected chi connectivity index (χ0v) is 10.9. The number of amides is 2. The second kappa shape index (κ2) is 8.12. The highest BCUT2D eigenvalue weighted by Gasteiger charge is 2.06. The molecule has 0 bridgehead atoms. The van der Waals surface area contributed by atoms with Gasteiger partial charge in [-0.1, -0.05) is 5.57 Å². The van der Waals surface area contributed by atoms with Crippen LogP contribution in [-0.4, -0.2) is 25.3 Å². The Morgan fingerprint density at radius 1 is 1.41 bits per heavy atom. The molecule has 4 nitrogen and oxygen atoms in total. The molecule has 2 N–H and O–H groups in total. The molecule has 0 aliphatic heterocycles. The minimum Gasteiger partial charge on any atom is -0.379 e. The maximum absolute atomic E-state index is 11.4. The summed E-state index contributed by atoms with van der Waals surface area (Å²) in [5.41, 5.74) is 1.35. The van der Waals surface area contributed by atoms with E-state index < -0.39 is 0 Å². The Labute approximate surface area is 104 Å². The zero-order valence-electron chi connectivity index (χ0n) is 10.9. The largest absolute Gasteiger partial charge is 0.379 e. The highest BCUT2D eigenvalue weighted by atomic mass is 16.5. The molecule has 1 rings (SSSR count). The number of rotatable bonds is 6. The molecule has 17 heavy (non-hydrogen) atoms. The molecule has 1 saturated carbocycles. The standard InChI is InChI=1S/C13H24N2O2/c1-11(2)17-9-5-8-14-13(16)15-10-12-6-3-4-7-12/h10-11H,3-9H2,1-2H3,(H2,14,15,16). The predicted octanol–water partition coefficient (Wildman–Crippen LogP) is 2.56. The van der Waals surface area contributed by atoms with Crippen LogP contribution in [0, 0.1) is 0 Å². The third kappa shape index (κ3) is 7.00. The zero-order chi connectivity index (χ0) is 12.5. The predicted molar refractivity (Wildman–Crippen MR) is 68.8 cm³/mol. The second-order valence-electron chi connectivity index (χ2n) is 4.68. The van der Waals surface area contributed by atoms with Crippen molar-refractivity contribution in [1.29, 1.82) is 0 Å². The second-order valence-corrected chi connectivity index (χ2v) is 4.68. The van der Waals surface area contributed by atoms with E-state index in [0.29, 0.717) is 13.2 Å². The SMILES string of the molecule is CC(C)OCCCNC(=O)NC=C1CCCC1. The smallest absolute Gasteiger partial charge is 0.318 e. The summed E-state index contributed by atoms with van der Waals surface area (Å²) in [5.74, 6) is 0. The Morgan fingerprint density at radius 2 is 2.12 bits per heavy atom. The first kappa shape index (κ1) is 14.0. The molecule has 1 fully saturated rings. The fourth-order valence-corrected chi connectivity index (χ4v) is 1.79. The van der Waals surface area contributed by atoms with Gasteiger partial charge in [0.05, 0.1) is 6.10 Å². The van der Waals surface area contributed by atoms with Crippen molar-refractivity contribution in [1.82, 2.24) is 10.6 Å². The first-order valence-electron chi connectivity index (χ1n) is 6.52. The summed E-state index contributed by atoms with van der Waals surface area (Å²) in [5, 5.41) is 5.58. The summed E-state index contributed by atoms with van der Waals surface area (Å²) in [6.07, 6.45) is 7.72. The van der Waals surface area contributed by atoms with Crippen LogP contribution in [-0.2, 0) is 4.74 Å². The van der Waals surface area contributed by atoms with Crippen LogP contribution in [0.25, 0.3) is 0 Å². The molecule has 2 amide bonds. The average molecular weight is 240 g/mol. The molecule has 0 atom stereocenters. The van der Waals surface area contributed by atoms with E-state index in [4.69, 9.17) is 4.74 Å². The average Bonchev–Trinajstić information content (AvgIpc) is 2.78. The number of allylic oxidation sites excluding steroid dienone is 1. The summed E-state index contributed by atoms with van der Waals surface area (Å²) >= 11 is 0. The van der Waals surface area contributed by atoms with Gasteiger partial charge in [-0.2, -0.15) is 0 Å². The van der Waals surface area contributed by atoms with Crippen molar-refractivity contribution in [2.75, 3.05) is 13.2 Å². The molecule has 0 aromatic carbocycles. The van der Waals surface area contributed by atoms with Crippen molar-refractivity contribution in [3.8, 4) is 0 Å². The highest BCUT2D eigenvalue weighted by Crippen LogP contribution is 2.22. The molecule has 0 saturated heterocycles. The van der Waals surface area contributed by atoms with E-state index in [0.717, 1.165) is 19.3 Å². The van der Waals surface area contributed by atoms with Gasteiger partial charge in [-0.05, 0) is 46.0 Å². The lowest BCUT2D eigenvalue weighted by Crippen LogP contribution is -2.33. The first-order valence-corrected chi connectivity index (χ1v) is 6.52. The quantitative estimate of drug-likeness (QED) is 0.701.